The predicted molar refractivity (Wildman–Crippen MR) is 135 cm³/mol. The van der Waals surface area contributed by atoms with Crippen molar-refractivity contribution in [2.45, 2.75) is 79.6 Å². The van der Waals surface area contributed by atoms with Gasteiger partial charge in [-0.3, -0.25) is 4.79 Å². The molecule has 6 heteroatoms. The van der Waals surface area contributed by atoms with Crippen LogP contribution in [-0.2, 0) is 4.79 Å². The second-order valence-corrected chi connectivity index (χ2v) is 12.6. The Kier molecular flexibility index (Phi) is 5.05. The van der Waals surface area contributed by atoms with Crippen molar-refractivity contribution in [2.24, 2.45) is 50.2 Å². The van der Waals surface area contributed by atoms with E-state index in [1.165, 1.54) is 18.4 Å². The van der Waals surface area contributed by atoms with Crippen molar-refractivity contribution in [3.63, 3.8) is 0 Å². The lowest BCUT2D eigenvalue weighted by Gasteiger charge is -2.65. The third kappa shape index (κ3) is 2.96. The minimum absolute atomic E-state index is 0.0659. The zero-order chi connectivity index (χ0) is 24.7. The second kappa shape index (κ2) is 7.33. The van der Waals surface area contributed by atoms with E-state index < -0.39 is 0 Å². The minimum Gasteiger partial charge on any atom is -0.504 e. The lowest BCUT2D eigenvalue weighted by atomic mass is 9.39. The van der Waals surface area contributed by atoms with Gasteiger partial charge in [-0.1, -0.05) is 45.4 Å². The van der Waals surface area contributed by atoms with Crippen molar-refractivity contribution >= 4 is 11.6 Å². The Bertz CT molecular complexity index is 1110. The molecule has 0 aromatic rings. The number of hydrazone groups is 1. The number of nitrogens with zero attached hydrogens (tertiary/aromatic N) is 1. The van der Waals surface area contributed by atoms with E-state index in [0.717, 1.165) is 43.3 Å². The fourth-order valence-electron chi connectivity index (χ4n) is 8.48. The number of ketones is 1. The molecule has 34 heavy (non-hydrogen) atoms. The fraction of sp³-hybridized carbons (Fsp3) is 0.643. The highest BCUT2D eigenvalue weighted by Gasteiger charge is 2.61. The minimum atomic E-state index is -0.262. The van der Waals surface area contributed by atoms with Gasteiger partial charge in [0.15, 0.2) is 5.76 Å². The molecule has 5 rings (SSSR count). The molecule has 3 fully saturated rings. The van der Waals surface area contributed by atoms with Gasteiger partial charge < -0.3 is 10.8 Å². The Labute approximate surface area is 203 Å². The van der Waals surface area contributed by atoms with Crippen molar-refractivity contribution in [3.8, 4) is 0 Å². The SMILES string of the molecule is CC1=C(O)C(=O)C=C2C1=CC=C1C2(C)CCC2C3C[C@](C)(/C(N)=N/NN)CCC3(C)CCC12C. The van der Waals surface area contributed by atoms with Gasteiger partial charge in [0.2, 0.25) is 5.78 Å². The molecule has 5 aliphatic rings. The zero-order valence-corrected chi connectivity index (χ0v) is 21.3. The van der Waals surface area contributed by atoms with E-state index in [9.17, 15) is 9.90 Å². The monoisotopic (exact) mass is 464 g/mol. The number of hydrogen-bond acceptors (Lipinski definition) is 5. The Hall–Kier alpha value is -2.34. The summed E-state index contributed by atoms with van der Waals surface area (Å²) < 4.78 is 0. The second-order valence-electron chi connectivity index (χ2n) is 12.6. The summed E-state index contributed by atoms with van der Waals surface area (Å²) in [5, 5.41) is 14.5. The number of carbonyl (C=O) groups is 1. The Morgan fingerprint density at radius 3 is 2.50 bits per heavy atom. The molecule has 0 aliphatic heterocycles. The Balaban J connectivity index is 1.57. The quantitative estimate of drug-likeness (QED) is 0.200. The van der Waals surface area contributed by atoms with Crippen LogP contribution in [0.25, 0.3) is 0 Å². The average Bonchev–Trinajstić information content (AvgIpc) is 2.79. The summed E-state index contributed by atoms with van der Waals surface area (Å²) in [5.74, 6) is 6.82. The van der Waals surface area contributed by atoms with E-state index in [0.29, 0.717) is 28.7 Å². The number of rotatable bonds is 2. The van der Waals surface area contributed by atoms with E-state index in [1.807, 2.05) is 6.92 Å². The van der Waals surface area contributed by atoms with Crippen molar-refractivity contribution in [2.75, 3.05) is 0 Å². The van der Waals surface area contributed by atoms with Crippen molar-refractivity contribution in [1.82, 2.24) is 5.53 Å². The summed E-state index contributed by atoms with van der Waals surface area (Å²) >= 11 is 0. The summed E-state index contributed by atoms with van der Waals surface area (Å²) in [5.41, 5.74) is 13.2. The van der Waals surface area contributed by atoms with E-state index in [1.54, 1.807) is 6.08 Å². The highest BCUT2D eigenvalue weighted by atomic mass is 16.3. The maximum Gasteiger partial charge on any atom is 0.220 e. The van der Waals surface area contributed by atoms with Crippen LogP contribution in [0.3, 0.4) is 0 Å². The number of aliphatic hydroxyl groups is 1. The van der Waals surface area contributed by atoms with Gasteiger partial charge in [-0.2, -0.15) is 5.10 Å². The molecule has 0 saturated heterocycles. The number of nitrogens with one attached hydrogen (secondary N) is 1. The molecule has 6 atom stereocenters. The van der Waals surface area contributed by atoms with Gasteiger partial charge in [0.1, 0.15) is 5.84 Å². The smallest absolute Gasteiger partial charge is 0.220 e. The first kappa shape index (κ1) is 23.4. The fourth-order valence-corrected chi connectivity index (χ4v) is 8.48. The van der Waals surface area contributed by atoms with Crippen LogP contribution in [0.2, 0.25) is 0 Å². The highest BCUT2D eigenvalue weighted by Crippen LogP contribution is 2.70. The lowest BCUT2D eigenvalue weighted by Crippen LogP contribution is -2.57. The summed E-state index contributed by atoms with van der Waals surface area (Å²) in [6.45, 7) is 11.4. The van der Waals surface area contributed by atoms with Gasteiger partial charge >= 0.3 is 0 Å². The molecular weight excluding hydrogens is 424 g/mol. The standard InChI is InChI=1S/C28H40N4O2/c1-16-17-6-7-22-27(4,19(17)14-21(33)23(16)34)9-8-18-20-15-26(3,24(29)31-32-30)11-10-25(20,2)12-13-28(18,22)5/h6-7,14,18,20,32,34H,8-13,15,30H2,1-5H3,(H2,29,31)/t18?,20?,25?,26-,27?,28?/m1/s1. The molecule has 184 valence electrons. The van der Waals surface area contributed by atoms with Crippen LogP contribution in [0.1, 0.15) is 79.6 Å². The van der Waals surface area contributed by atoms with E-state index in [-0.39, 0.29) is 27.8 Å². The van der Waals surface area contributed by atoms with Crippen LogP contribution in [0.4, 0.5) is 0 Å². The van der Waals surface area contributed by atoms with Crippen molar-refractivity contribution in [3.05, 3.63) is 46.3 Å². The number of carbonyl (C=O) groups excluding carboxylic acids is 1. The topological polar surface area (TPSA) is 114 Å². The van der Waals surface area contributed by atoms with Crippen LogP contribution in [0, 0.1) is 33.5 Å². The van der Waals surface area contributed by atoms with Crippen LogP contribution in [0.5, 0.6) is 0 Å². The molecule has 0 spiro atoms. The summed E-state index contributed by atoms with van der Waals surface area (Å²) in [6.07, 6.45) is 13.9. The van der Waals surface area contributed by atoms with E-state index >= 15 is 0 Å². The van der Waals surface area contributed by atoms with Crippen molar-refractivity contribution in [1.29, 1.82) is 0 Å². The van der Waals surface area contributed by atoms with Crippen LogP contribution in [-0.4, -0.2) is 16.7 Å². The molecule has 0 aromatic carbocycles. The maximum absolute atomic E-state index is 12.6. The largest absolute Gasteiger partial charge is 0.504 e. The van der Waals surface area contributed by atoms with Crippen LogP contribution < -0.4 is 17.1 Å². The first-order valence-corrected chi connectivity index (χ1v) is 12.8. The first-order chi connectivity index (χ1) is 15.9. The zero-order valence-electron chi connectivity index (χ0n) is 21.3. The van der Waals surface area contributed by atoms with E-state index in [2.05, 4.69) is 50.5 Å². The van der Waals surface area contributed by atoms with Gasteiger partial charge in [-0.25, -0.2) is 11.4 Å². The average molecular weight is 465 g/mol. The number of hydrogen-bond donors (Lipinski definition) is 4. The number of allylic oxidation sites excluding steroid dienone is 7. The predicted octanol–water partition coefficient (Wildman–Crippen LogP) is 4.96. The normalized spacial score (nSPS) is 44.1. The molecule has 0 bridgehead atoms. The molecule has 6 nitrogen and oxygen atoms in total. The molecule has 5 aliphatic carbocycles. The summed E-state index contributed by atoms with van der Waals surface area (Å²) in [7, 11) is 0. The van der Waals surface area contributed by atoms with Gasteiger partial charge in [-0.05, 0) is 91.8 Å². The molecule has 6 N–H and O–H groups in total. The summed E-state index contributed by atoms with van der Waals surface area (Å²) in [4.78, 5) is 12.6. The molecule has 0 radical (unpaired) electrons. The molecule has 3 saturated carbocycles. The van der Waals surface area contributed by atoms with Gasteiger partial charge in [-0.15, -0.1) is 0 Å². The lowest BCUT2D eigenvalue weighted by molar-refractivity contribution is -0.114. The van der Waals surface area contributed by atoms with Crippen molar-refractivity contribution < 1.29 is 9.90 Å². The summed E-state index contributed by atoms with van der Waals surface area (Å²) in [6, 6.07) is 0. The number of nitrogens with two attached hydrogens (primary N) is 2. The third-order valence-corrected chi connectivity index (χ3v) is 10.9. The number of hydrazine groups is 1. The number of fused-ring (bicyclic) bond motifs is 7. The molecule has 0 amide bonds. The molecule has 0 heterocycles. The molecule has 0 aromatic heterocycles. The molecule has 5 unspecified atom stereocenters. The number of amidine groups is 1. The first-order valence-electron chi connectivity index (χ1n) is 12.8. The van der Waals surface area contributed by atoms with Crippen LogP contribution >= 0.6 is 0 Å². The Morgan fingerprint density at radius 2 is 1.79 bits per heavy atom. The Morgan fingerprint density at radius 1 is 1.09 bits per heavy atom. The van der Waals surface area contributed by atoms with Gasteiger partial charge in [0, 0.05) is 16.4 Å². The van der Waals surface area contributed by atoms with Gasteiger partial charge in [0.25, 0.3) is 0 Å². The van der Waals surface area contributed by atoms with Crippen LogP contribution in [0.15, 0.2) is 51.4 Å². The molecular formula is C28H40N4O2. The van der Waals surface area contributed by atoms with E-state index in [4.69, 9.17) is 11.6 Å². The third-order valence-electron chi connectivity index (χ3n) is 10.9. The van der Waals surface area contributed by atoms with Gasteiger partial charge in [0.05, 0.1) is 0 Å². The number of aliphatic hydroxyl groups excluding tert-OH is 1. The highest BCUT2D eigenvalue weighted by molar-refractivity contribution is 6.06. The maximum atomic E-state index is 12.6.